The zero-order valence-corrected chi connectivity index (χ0v) is 16.5. The number of nitrogens with zero attached hydrogens (tertiary/aromatic N) is 2. The second-order valence-electron chi connectivity index (χ2n) is 7.68. The molecule has 3 amide bonds. The first-order valence-corrected chi connectivity index (χ1v) is 9.64. The quantitative estimate of drug-likeness (QED) is 0.754. The van der Waals surface area contributed by atoms with Gasteiger partial charge < -0.3 is 25.2 Å². The Morgan fingerprint density at radius 1 is 1.29 bits per heavy atom. The average Bonchev–Trinajstić information content (AvgIpc) is 2.90. The van der Waals surface area contributed by atoms with E-state index in [0.717, 1.165) is 6.54 Å². The first-order valence-electron chi connectivity index (χ1n) is 9.64. The number of carbonyl (C=O) groups excluding carboxylic acids is 3. The molecular formula is C20H28N4O4. The standard InChI is InChI=1S/C20H28N4O4/c1-23(2)12-10-21-17(25)13-24-11-9-20(8-7-18(24)26)14-22-19(27)15-5-3-4-6-16(15)28-20/h3-6H,7-14H2,1-2H3,(H,21,25)(H,22,27)/t20-/m0/s1. The van der Waals surface area contributed by atoms with E-state index >= 15 is 0 Å². The van der Waals surface area contributed by atoms with Crippen molar-refractivity contribution in [2.24, 2.45) is 0 Å². The summed E-state index contributed by atoms with van der Waals surface area (Å²) in [5.74, 6) is 0.152. The van der Waals surface area contributed by atoms with Crippen LogP contribution in [0.4, 0.5) is 0 Å². The van der Waals surface area contributed by atoms with Gasteiger partial charge in [-0.15, -0.1) is 0 Å². The Balaban J connectivity index is 1.64. The molecule has 1 aromatic carbocycles. The SMILES string of the molecule is CN(C)CCNC(=O)CN1CC[C@@]2(CCC1=O)CNC(=O)c1ccccc1O2. The van der Waals surface area contributed by atoms with Crippen molar-refractivity contribution in [1.82, 2.24) is 20.4 Å². The molecule has 2 aliphatic rings. The predicted molar refractivity (Wildman–Crippen MR) is 104 cm³/mol. The molecule has 0 radical (unpaired) electrons. The third kappa shape index (κ3) is 4.81. The maximum absolute atomic E-state index is 12.5. The van der Waals surface area contributed by atoms with E-state index in [0.29, 0.717) is 43.8 Å². The predicted octanol–water partition coefficient (Wildman–Crippen LogP) is 0.238. The summed E-state index contributed by atoms with van der Waals surface area (Å²) in [4.78, 5) is 40.6. The van der Waals surface area contributed by atoms with E-state index in [4.69, 9.17) is 4.74 Å². The monoisotopic (exact) mass is 388 g/mol. The minimum atomic E-state index is -0.645. The summed E-state index contributed by atoms with van der Waals surface area (Å²) in [7, 11) is 3.88. The van der Waals surface area contributed by atoms with Crippen LogP contribution in [0.1, 0.15) is 29.6 Å². The number of ether oxygens (including phenoxy) is 1. The molecule has 1 spiro atoms. The molecule has 8 nitrogen and oxygen atoms in total. The summed E-state index contributed by atoms with van der Waals surface area (Å²) in [6, 6.07) is 7.14. The number of para-hydroxylation sites is 1. The largest absolute Gasteiger partial charge is 0.485 e. The van der Waals surface area contributed by atoms with Crippen LogP contribution in [0.15, 0.2) is 24.3 Å². The first-order chi connectivity index (χ1) is 13.4. The van der Waals surface area contributed by atoms with E-state index in [-0.39, 0.29) is 30.7 Å². The molecule has 0 bridgehead atoms. The molecule has 1 fully saturated rings. The number of amides is 3. The lowest BCUT2D eigenvalue weighted by molar-refractivity contribution is -0.135. The van der Waals surface area contributed by atoms with E-state index in [1.54, 1.807) is 23.1 Å². The van der Waals surface area contributed by atoms with Gasteiger partial charge in [0.1, 0.15) is 11.4 Å². The summed E-state index contributed by atoms with van der Waals surface area (Å²) >= 11 is 0. The van der Waals surface area contributed by atoms with Crippen molar-refractivity contribution in [3.05, 3.63) is 29.8 Å². The zero-order valence-electron chi connectivity index (χ0n) is 16.5. The molecule has 2 aliphatic heterocycles. The van der Waals surface area contributed by atoms with Crippen molar-refractivity contribution < 1.29 is 19.1 Å². The average molecular weight is 388 g/mol. The molecule has 2 heterocycles. The lowest BCUT2D eigenvalue weighted by Crippen LogP contribution is -2.46. The summed E-state index contributed by atoms with van der Waals surface area (Å²) in [6.07, 6.45) is 1.33. The van der Waals surface area contributed by atoms with E-state index in [1.165, 1.54) is 0 Å². The molecule has 152 valence electrons. The number of fused-ring (bicyclic) bond motifs is 1. The molecule has 1 saturated heterocycles. The molecule has 3 rings (SSSR count). The van der Waals surface area contributed by atoms with E-state index in [9.17, 15) is 14.4 Å². The van der Waals surface area contributed by atoms with Crippen LogP contribution in [-0.2, 0) is 9.59 Å². The van der Waals surface area contributed by atoms with Crippen molar-refractivity contribution in [2.45, 2.75) is 24.9 Å². The second-order valence-corrected chi connectivity index (χ2v) is 7.68. The van der Waals surface area contributed by atoms with Gasteiger partial charge in [-0.1, -0.05) is 12.1 Å². The van der Waals surface area contributed by atoms with Gasteiger partial charge in [-0.25, -0.2) is 0 Å². The number of likely N-dealkylation sites (N-methyl/N-ethyl adjacent to an activating group) is 1. The minimum absolute atomic E-state index is 0.0469. The van der Waals surface area contributed by atoms with Gasteiger partial charge in [0.15, 0.2) is 0 Å². The lowest BCUT2D eigenvalue weighted by atomic mass is 9.94. The highest BCUT2D eigenvalue weighted by Crippen LogP contribution is 2.33. The second kappa shape index (κ2) is 8.60. The first kappa shape index (κ1) is 20.1. The number of likely N-dealkylation sites (tertiary alicyclic amines) is 1. The Labute approximate surface area is 165 Å². The molecule has 0 aliphatic carbocycles. The van der Waals surface area contributed by atoms with Crippen LogP contribution in [0.2, 0.25) is 0 Å². The Kier molecular flexibility index (Phi) is 6.18. The Hall–Kier alpha value is -2.61. The van der Waals surface area contributed by atoms with Crippen LogP contribution in [0, 0.1) is 0 Å². The fourth-order valence-electron chi connectivity index (χ4n) is 3.52. The van der Waals surface area contributed by atoms with Crippen LogP contribution in [0.25, 0.3) is 0 Å². The number of hydrogen-bond donors (Lipinski definition) is 2. The van der Waals surface area contributed by atoms with Gasteiger partial charge in [0, 0.05) is 32.5 Å². The van der Waals surface area contributed by atoms with Crippen LogP contribution >= 0.6 is 0 Å². The summed E-state index contributed by atoms with van der Waals surface area (Å²) in [6.45, 7) is 2.10. The van der Waals surface area contributed by atoms with Gasteiger partial charge in [0.05, 0.1) is 18.7 Å². The van der Waals surface area contributed by atoms with Gasteiger partial charge in [-0.2, -0.15) is 0 Å². The smallest absolute Gasteiger partial charge is 0.255 e. The van der Waals surface area contributed by atoms with Crippen LogP contribution in [0.5, 0.6) is 5.75 Å². The fourth-order valence-corrected chi connectivity index (χ4v) is 3.52. The topological polar surface area (TPSA) is 91.0 Å². The molecule has 28 heavy (non-hydrogen) atoms. The number of benzene rings is 1. The number of hydrogen-bond acceptors (Lipinski definition) is 5. The Morgan fingerprint density at radius 3 is 2.86 bits per heavy atom. The van der Waals surface area contributed by atoms with Crippen molar-refractivity contribution in [2.75, 3.05) is 46.8 Å². The Morgan fingerprint density at radius 2 is 2.07 bits per heavy atom. The van der Waals surface area contributed by atoms with Crippen molar-refractivity contribution in [1.29, 1.82) is 0 Å². The van der Waals surface area contributed by atoms with Crippen molar-refractivity contribution in [3.8, 4) is 5.75 Å². The van der Waals surface area contributed by atoms with E-state index in [1.807, 2.05) is 25.1 Å². The van der Waals surface area contributed by atoms with Gasteiger partial charge in [0.2, 0.25) is 11.8 Å². The van der Waals surface area contributed by atoms with Gasteiger partial charge in [0.25, 0.3) is 5.91 Å². The van der Waals surface area contributed by atoms with E-state index < -0.39 is 5.60 Å². The third-order valence-corrected chi connectivity index (χ3v) is 5.23. The van der Waals surface area contributed by atoms with Crippen LogP contribution in [0.3, 0.4) is 0 Å². The number of rotatable bonds is 5. The highest BCUT2D eigenvalue weighted by molar-refractivity contribution is 5.97. The normalized spacial score (nSPS) is 22.2. The maximum Gasteiger partial charge on any atom is 0.255 e. The van der Waals surface area contributed by atoms with Gasteiger partial charge in [-0.3, -0.25) is 14.4 Å². The minimum Gasteiger partial charge on any atom is -0.485 e. The lowest BCUT2D eigenvalue weighted by Gasteiger charge is -2.32. The summed E-state index contributed by atoms with van der Waals surface area (Å²) in [5.41, 5.74) is -0.138. The summed E-state index contributed by atoms with van der Waals surface area (Å²) in [5, 5.41) is 5.76. The van der Waals surface area contributed by atoms with Crippen molar-refractivity contribution in [3.63, 3.8) is 0 Å². The number of nitrogens with one attached hydrogen (secondary N) is 2. The third-order valence-electron chi connectivity index (χ3n) is 5.23. The summed E-state index contributed by atoms with van der Waals surface area (Å²) < 4.78 is 6.26. The van der Waals surface area contributed by atoms with Gasteiger partial charge in [-0.05, 0) is 32.6 Å². The Bertz CT molecular complexity index is 751. The van der Waals surface area contributed by atoms with Gasteiger partial charge >= 0.3 is 0 Å². The molecule has 2 N–H and O–H groups in total. The molecule has 0 saturated carbocycles. The van der Waals surface area contributed by atoms with Crippen molar-refractivity contribution >= 4 is 17.7 Å². The highest BCUT2D eigenvalue weighted by Gasteiger charge is 2.40. The molecule has 1 atom stereocenters. The highest BCUT2D eigenvalue weighted by atomic mass is 16.5. The molecule has 0 aromatic heterocycles. The molecule has 8 heteroatoms. The van der Waals surface area contributed by atoms with E-state index in [2.05, 4.69) is 10.6 Å². The number of carbonyl (C=O) groups is 3. The maximum atomic E-state index is 12.5. The molecular weight excluding hydrogens is 360 g/mol. The zero-order chi connectivity index (χ0) is 20.1. The van der Waals surface area contributed by atoms with Crippen LogP contribution < -0.4 is 15.4 Å². The fraction of sp³-hybridized carbons (Fsp3) is 0.550. The van der Waals surface area contributed by atoms with Crippen LogP contribution in [-0.4, -0.2) is 79.9 Å². The molecule has 0 unspecified atom stereocenters. The molecule has 1 aromatic rings.